The lowest BCUT2D eigenvalue weighted by molar-refractivity contribution is -0.116. The molecule has 1 aromatic rings. The van der Waals surface area contributed by atoms with Gasteiger partial charge in [0.25, 0.3) is 0 Å². The van der Waals surface area contributed by atoms with Crippen LogP contribution in [-0.4, -0.2) is 65.9 Å². The van der Waals surface area contributed by atoms with E-state index in [1.165, 1.54) is 0 Å². The molecular weight excluding hydrogens is 384 g/mol. The number of hydrogen-bond donors (Lipinski definition) is 1. The van der Waals surface area contributed by atoms with Crippen LogP contribution in [0.3, 0.4) is 0 Å². The molecule has 158 valence electrons. The number of nitrogens with zero attached hydrogens (tertiary/aromatic N) is 1. The lowest BCUT2D eigenvalue weighted by Gasteiger charge is -2.31. The molecule has 1 saturated heterocycles. The summed E-state index contributed by atoms with van der Waals surface area (Å²) in [5, 5.41) is 2.83. The van der Waals surface area contributed by atoms with Crippen molar-refractivity contribution in [2.75, 3.05) is 61.7 Å². The van der Waals surface area contributed by atoms with Gasteiger partial charge in [-0.05, 0) is 20.3 Å². The molecule has 0 unspecified atom stereocenters. The molecule has 1 fully saturated rings. The fourth-order valence-electron chi connectivity index (χ4n) is 2.95. The van der Waals surface area contributed by atoms with Gasteiger partial charge >= 0.3 is 0 Å². The third-order valence-corrected chi connectivity index (χ3v) is 5.24. The van der Waals surface area contributed by atoms with E-state index in [-0.39, 0.29) is 24.5 Å². The quantitative estimate of drug-likeness (QED) is 0.626. The number of carbonyl (C=O) groups excluding carboxylic acids is 1. The van der Waals surface area contributed by atoms with Crippen molar-refractivity contribution in [3.8, 4) is 11.5 Å². The average molecular weight is 415 g/mol. The minimum absolute atomic E-state index is 0.0150. The number of anilines is 2. The highest BCUT2D eigenvalue weighted by Crippen LogP contribution is 2.39. The second kappa shape index (κ2) is 10.5. The fraction of sp³-hybridized carbons (Fsp3) is 0.632. The third-order valence-electron chi connectivity index (χ3n) is 4.21. The standard InChI is InChI=1S/C19H30N2O6S/c1-4-26-17-14-16(21-8-10-25-11-9-21)18(27-5-2)13-15(17)20-19(22)7-6-12-28(3,23)24/h13-14H,4-12H2,1-3H3,(H,20,22). The number of ether oxygens (including phenoxy) is 3. The Labute approximate surface area is 167 Å². The van der Waals surface area contributed by atoms with Crippen molar-refractivity contribution >= 4 is 27.1 Å². The van der Waals surface area contributed by atoms with Crippen LogP contribution in [0.2, 0.25) is 0 Å². The zero-order chi connectivity index (χ0) is 20.6. The molecular formula is C19H30N2O6S. The minimum atomic E-state index is -3.08. The van der Waals surface area contributed by atoms with Crippen LogP contribution in [0.25, 0.3) is 0 Å². The van der Waals surface area contributed by atoms with E-state index in [1.807, 2.05) is 19.9 Å². The van der Waals surface area contributed by atoms with E-state index in [1.54, 1.807) is 6.07 Å². The van der Waals surface area contributed by atoms with Crippen LogP contribution in [0, 0.1) is 0 Å². The van der Waals surface area contributed by atoms with Gasteiger partial charge in [-0.3, -0.25) is 4.79 Å². The molecule has 9 heteroatoms. The number of nitrogens with one attached hydrogen (secondary N) is 1. The first kappa shape index (κ1) is 22.3. The third kappa shape index (κ3) is 6.87. The topological polar surface area (TPSA) is 94.2 Å². The number of morpholine rings is 1. The van der Waals surface area contributed by atoms with Crippen LogP contribution in [-0.2, 0) is 19.4 Å². The van der Waals surface area contributed by atoms with Crippen molar-refractivity contribution in [2.24, 2.45) is 0 Å². The summed E-state index contributed by atoms with van der Waals surface area (Å²) >= 11 is 0. The van der Waals surface area contributed by atoms with Crippen LogP contribution in [0.5, 0.6) is 11.5 Å². The second-order valence-corrected chi connectivity index (χ2v) is 8.82. The SMILES string of the molecule is CCOc1cc(N2CCOCC2)c(OCC)cc1NC(=O)CCCS(C)(=O)=O. The zero-order valence-electron chi connectivity index (χ0n) is 16.8. The minimum Gasteiger partial charge on any atom is -0.492 e. The molecule has 0 radical (unpaired) electrons. The molecule has 1 heterocycles. The first-order chi connectivity index (χ1) is 13.3. The van der Waals surface area contributed by atoms with Gasteiger partial charge in [-0.2, -0.15) is 0 Å². The van der Waals surface area contributed by atoms with Gasteiger partial charge in [0.15, 0.2) is 0 Å². The predicted molar refractivity (Wildman–Crippen MR) is 109 cm³/mol. The van der Waals surface area contributed by atoms with Gasteiger partial charge in [0.2, 0.25) is 5.91 Å². The number of rotatable bonds is 10. The van der Waals surface area contributed by atoms with E-state index in [0.717, 1.165) is 25.0 Å². The van der Waals surface area contributed by atoms with Crippen LogP contribution >= 0.6 is 0 Å². The summed E-state index contributed by atoms with van der Waals surface area (Å²) in [7, 11) is -3.08. The first-order valence-electron chi connectivity index (χ1n) is 9.58. The van der Waals surface area contributed by atoms with Gasteiger partial charge in [-0.25, -0.2) is 8.42 Å². The maximum atomic E-state index is 12.3. The van der Waals surface area contributed by atoms with Crippen LogP contribution in [0.4, 0.5) is 11.4 Å². The van der Waals surface area contributed by atoms with E-state index < -0.39 is 9.84 Å². The highest BCUT2D eigenvalue weighted by molar-refractivity contribution is 7.90. The molecule has 1 aliphatic heterocycles. The Morgan fingerprint density at radius 3 is 2.39 bits per heavy atom. The largest absolute Gasteiger partial charge is 0.492 e. The fourth-order valence-corrected chi connectivity index (χ4v) is 3.62. The van der Waals surface area contributed by atoms with Crippen LogP contribution in [0.1, 0.15) is 26.7 Å². The van der Waals surface area contributed by atoms with Gasteiger partial charge in [-0.1, -0.05) is 0 Å². The molecule has 0 saturated carbocycles. The number of carbonyl (C=O) groups is 1. The van der Waals surface area contributed by atoms with Crippen molar-refractivity contribution in [3.05, 3.63) is 12.1 Å². The van der Waals surface area contributed by atoms with Crippen LogP contribution < -0.4 is 19.7 Å². The second-order valence-electron chi connectivity index (χ2n) is 6.56. The van der Waals surface area contributed by atoms with Crippen molar-refractivity contribution < 1.29 is 27.4 Å². The van der Waals surface area contributed by atoms with E-state index in [4.69, 9.17) is 14.2 Å². The van der Waals surface area contributed by atoms with Gasteiger partial charge in [-0.15, -0.1) is 0 Å². The van der Waals surface area contributed by atoms with Crippen molar-refractivity contribution in [2.45, 2.75) is 26.7 Å². The Morgan fingerprint density at radius 1 is 1.14 bits per heavy atom. The molecule has 0 spiro atoms. The van der Waals surface area contributed by atoms with E-state index in [9.17, 15) is 13.2 Å². The highest BCUT2D eigenvalue weighted by atomic mass is 32.2. The van der Waals surface area contributed by atoms with Gasteiger partial charge in [0.1, 0.15) is 21.3 Å². The summed E-state index contributed by atoms with van der Waals surface area (Å²) in [4.78, 5) is 14.5. The Morgan fingerprint density at radius 2 is 1.79 bits per heavy atom. The van der Waals surface area contributed by atoms with E-state index >= 15 is 0 Å². The van der Waals surface area contributed by atoms with Crippen molar-refractivity contribution in [1.29, 1.82) is 0 Å². The van der Waals surface area contributed by atoms with Gasteiger partial charge in [0.05, 0.1) is 43.6 Å². The Bertz CT molecular complexity index is 760. The number of hydrogen-bond acceptors (Lipinski definition) is 7. The molecule has 1 N–H and O–H groups in total. The molecule has 1 amide bonds. The summed E-state index contributed by atoms with van der Waals surface area (Å²) in [6, 6.07) is 3.65. The van der Waals surface area contributed by atoms with E-state index in [2.05, 4.69) is 10.2 Å². The normalized spacial score (nSPS) is 14.6. The molecule has 2 rings (SSSR count). The summed E-state index contributed by atoms with van der Waals surface area (Å²) in [6.45, 7) is 7.53. The monoisotopic (exact) mass is 414 g/mol. The summed E-state index contributed by atoms with van der Waals surface area (Å²) in [5.74, 6) is 0.952. The van der Waals surface area contributed by atoms with Crippen LogP contribution in [0.15, 0.2) is 12.1 Å². The Kier molecular flexibility index (Phi) is 8.37. The van der Waals surface area contributed by atoms with Gasteiger partial charge in [0, 0.05) is 37.9 Å². The first-order valence-corrected chi connectivity index (χ1v) is 11.6. The molecule has 1 aliphatic rings. The van der Waals surface area contributed by atoms with E-state index in [0.29, 0.717) is 43.6 Å². The molecule has 0 atom stereocenters. The number of benzene rings is 1. The predicted octanol–water partition coefficient (Wildman–Crippen LogP) is 2.08. The Hall–Kier alpha value is -2.00. The molecule has 28 heavy (non-hydrogen) atoms. The zero-order valence-corrected chi connectivity index (χ0v) is 17.6. The number of amides is 1. The maximum Gasteiger partial charge on any atom is 0.224 e. The summed E-state index contributed by atoms with van der Waals surface area (Å²) in [5.41, 5.74) is 1.43. The molecule has 8 nitrogen and oxygen atoms in total. The Balaban J connectivity index is 2.21. The molecule has 0 aliphatic carbocycles. The average Bonchev–Trinajstić information content (AvgIpc) is 2.63. The van der Waals surface area contributed by atoms with Crippen molar-refractivity contribution in [3.63, 3.8) is 0 Å². The summed E-state index contributed by atoms with van der Waals surface area (Å²) in [6.07, 6.45) is 1.56. The summed E-state index contributed by atoms with van der Waals surface area (Å²) < 4.78 is 39.4. The lowest BCUT2D eigenvalue weighted by atomic mass is 10.2. The lowest BCUT2D eigenvalue weighted by Crippen LogP contribution is -2.36. The van der Waals surface area contributed by atoms with Gasteiger partial charge < -0.3 is 24.4 Å². The number of sulfone groups is 1. The molecule has 0 bridgehead atoms. The van der Waals surface area contributed by atoms with Crippen molar-refractivity contribution in [1.82, 2.24) is 0 Å². The smallest absolute Gasteiger partial charge is 0.224 e. The molecule has 0 aromatic heterocycles. The molecule has 1 aromatic carbocycles. The maximum absolute atomic E-state index is 12.3. The highest BCUT2D eigenvalue weighted by Gasteiger charge is 2.20.